The summed E-state index contributed by atoms with van der Waals surface area (Å²) in [6.07, 6.45) is 1.45. The van der Waals surface area contributed by atoms with Crippen molar-refractivity contribution in [3.63, 3.8) is 0 Å². The zero-order valence-electron chi connectivity index (χ0n) is 9.55. The third kappa shape index (κ3) is 5.35. The molecular formula is C11H15NO4S. The van der Waals surface area contributed by atoms with Crippen LogP contribution in [0.25, 0.3) is 0 Å². The second-order valence-electron chi connectivity index (χ2n) is 3.74. The molecule has 0 aliphatic rings. The number of esters is 1. The van der Waals surface area contributed by atoms with Crippen LogP contribution in [0.1, 0.15) is 16.8 Å². The molecule has 0 saturated carbocycles. The summed E-state index contributed by atoms with van der Waals surface area (Å²) in [7, 11) is -3.00. The minimum atomic E-state index is -3.00. The molecule has 2 N–H and O–H groups in total. The Morgan fingerprint density at radius 3 is 2.41 bits per heavy atom. The van der Waals surface area contributed by atoms with Crippen molar-refractivity contribution in [3.05, 3.63) is 29.8 Å². The van der Waals surface area contributed by atoms with Crippen molar-refractivity contribution < 1.29 is 17.9 Å². The highest BCUT2D eigenvalue weighted by Gasteiger charge is 2.07. The van der Waals surface area contributed by atoms with Crippen molar-refractivity contribution >= 4 is 21.5 Å². The molecule has 0 aromatic heterocycles. The standard InChI is InChI=1S/C11H15NO4S/c1-17(14,15)8-2-7-16-11(13)9-3-5-10(12)6-4-9/h3-6H,2,7-8,12H2,1H3. The highest BCUT2D eigenvalue weighted by molar-refractivity contribution is 7.90. The lowest BCUT2D eigenvalue weighted by Crippen LogP contribution is -2.10. The van der Waals surface area contributed by atoms with Gasteiger partial charge in [-0.05, 0) is 30.7 Å². The van der Waals surface area contributed by atoms with E-state index in [2.05, 4.69) is 0 Å². The second-order valence-corrected chi connectivity index (χ2v) is 6.00. The number of rotatable bonds is 5. The predicted octanol–water partition coefficient (Wildman–Crippen LogP) is 0.860. The summed E-state index contributed by atoms with van der Waals surface area (Å²) in [6.45, 7) is 0.0935. The number of carbonyl (C=O) groups is 1. The van der Waals surface area contributed by atoms with Gasteiger partial charge in [0, 0.05) is 11.9 Å². The van der Waals surface area contributed by atoms with Crippen LogP contribution in [0.5, 0.6) is 0 Å². The minimum Gasteiger partial charge on any atom is -0.462 e. The van der Waals surface area contributed by atoms with E-state index < -0.39 is 15.8 Å². The molecule has 0 radical (unpaired) electrons. The number of hydrogen-bond donors (Lipinski definition) is 1. The molecule has 0 saturated heterocycles. The highest BCUT2D eigenvalue weighted by atomic mass is 32.2. The second kappa shape index (κ2) is 5.67. The summed E-state index contributed by atoms with van der Waals surface area (Å²) in [6, 6.07) is 6.34. The fourth-order valence-corrected chi connectivity index (χ4v) is 1.83. The van der Waals surface area contributed by atoms with E-state index in [-0.39, 0.29) is 12.4 Å². The molecule has 6 heteroatoms. The maximum Gasteiger partial charge on any atom is 0.338 e. The van der Waals surface area contributed by atoms with E-state index in [1.54, 1.807) is 24.3 Å². The van der Waals surface area contributed by atoms with Crippen LogP contribution >= 0.6 is 0 Å². The van der Waals surface area contributed by atoms with Gasteiger partial charge < -0.3 is 10.5 Å². The van der Waals surface area contributed by atoms with Gasteiger partial charge in [0.05, 0.1) is 17.9 Å². The zero-order chi connectivity index (χ0) is 12.9. The Bertz CT molecular complexity index is 479. The number of ether oxygens (including phenoxy) is 1. The molecule has 0 aliphatic heterocycles. The quantitative estimate of drug-likeness (QED) is 0.480. The van der Waals surface area contributed by atoms with E-state index in [4.69, 9.17) is 10.5 Å². The molecule has 0 bridgehead atoms. The molecule has 0 atom stereocenters. The van der Waals surface area contributed by atoms with E-state index in [1.165, 1.54) is 0 Å². The van der Waals surface area contributed by atoms with E-state index in [0.717, 1.165) is 6.26 Å². The SMILES string of the molecule is CS(=O)(=O)CCCOC(=O)c1ccc(N)cc1. The van der Waals surface area contributed by atoms with E-state index in [0.29, 0.717) is 17.7 Å². The Morgan fingerprint density at radius 1 is 1.29 bits per heavy atom. The van der Waals surface area contributed by atoms with Crippen LogP contribution in [-0.2, 0) is 14.6 Å². The van der Waals surface area contributed by atoms with Crippen LogP contribution < -0.4 is 5.73 Å². The van der Waals surface area contributed by atoms with Crippen molar-refractivity contribution in [2.75, 3.05) is 24.3 Å². The molecule has 0 amide bonds. The zero-order valence-corrected chi connectivity index (χ0v) is 10.4. The predicted molar refractivity (Wildman–Crippen MR) is 65.5 cm³/mol. The Hall–Kier alpha value is -1.56. The highest BCUT2D eigenvalue weighted by Crippen LogP contribution is 2.07. The molecule has 1 aromatic carbocycles. The van der Waals surface area contributed by atoms with Gasteiger partial charge >= 0.3 is 5.97 Å². The fourth-order valence-electron chi connectivity index (χ4n) is 1.19. The van der Waals surface area contributed by atoms with Crippen molar-refractivity contribution in [2.45, 2.75) is 6.42 Å². The molecule has 0 heterocycles. The van der Waals surface area contributed by atoms with Gasteiger partial charge in [-0.2, -0.15) is 0 Å². The van der Waals surface area contributed by atoms with Gasteiger partial charge in [-0.25, -0.2) is 13.2 Å². The summed E-state index contributed by atoms with van der Waals surface area (Å²) >= 11 is 0. The Kier molecular flexibility index (Phi) is 4.51. The first-order valence-corrected chi connectivity index (χ1v) is 7.15. The summed E-state index contributed by atoms with van der Waals surface area (Å²) < 4.78 is 26.6. The summed E-state index contributed by atoms with van der Waals surface area (Å²) in [5.74, 6) is -0.458. The first-order valence-electron chi connectivity index (χ1n) is 5.09. The topological polar surface area (TPSA) is 86.5 Å². The fraction of sp³-hybridized carbons (Fsp3) is 0.364. The maximum absolute atomic E-state index is 11.5. The smallest absolute Gasteiger partial charge is 0.338 e. The molecule has 1 rings (SSSR count). The van der Waals surface area contributed by atoms with Gasteiger partial charge in [0.15, 0.2) is 0 Å². The minimum absolute atomic E-state index is 0.0159. The van der Waals surface area contributed by atoms with Gasteiger partial charge in [0.25, 0.3) is 0 Å². The Labute approximate surface area is 100 Å². The van der Waals surface area contributed by atoms with Crippen molar-refractivity contribution in [1.29, 1.82) is 0 Å². The average Bonchev–Trinajstić information content (AvgIpc) is 2.24. The van der Waals surface area contributed by atoms with E-state index >= 15 is 0 Å². The first kappa shape index (κ1) is 13.5. The van der Waals surface area contributed by atoms with E-state index in [1.807, 2.05) is 0 Å². The van der Waals surface area contributed by atoms with Crippen molar-refractivity contribution in [2.24, 2.45) is 0 Å². The lowest BCUT2D eigenvalue weighted by molar-refractivity contribution is 0.0506. The molecule has 17 heavy (non-hydrogen) atoms. The van der Waals surface area contributed by atoms with Crippen LogP contribution in [0.15, 0.2) is 24.3 Å². The first-order chi connectivity index (χ1) is 7.88. The lowest BCUT2D eigenvalue weighted by atomic mass is 10.2. The summed E-state index contributed by atoms with van der Waals surface area (Å²) in [5.41, 5.74) is 6.45. The lowest BCUT2D eigenvalue weighted by Gasteiger charge is -2.04. The number of sulfone groups is 1. The molecule has 1 aromatic rings. The number of nitrogen functional groups attached to an aromatic ring is 1. The summed E-state index contributed by atoms with van der Waals surface area (Å²) in [4.78, 5) is 11.5. The van der Waals surface area contributed by atoms with Gasteiger partial charge in [0.2, 0.25) is 0 Å². The van der Waals surface area contributed by atoms with Gasteiger partial charge in [-0.1, -0.05) is 0 Å². The molecule has 0 aliphatic carbocycles. The summed E-state index contributed by atoms with van der Waals surface area (Å²) in [5, 5.41) is 0. The van der Waals surface area contributed by atoms with Crippen molar-refractivity contribution in [3.8, 4) is 0 Å². The number of nitrogens with two attached hydrogens (primary N) is 1. The van der Waals surface area contributed by atoms with Crippen LogP contribution in [0, 0.1) is 0 Å². The Morgan fingerprint density at radius 2 is 1.88 bits per heavy atom. The van der Waals surface area contributed by atoms with Gasteiger partial charge in [-0.3, -0.25) is 0 Å². The van der Waals surface area contributed by atoms with Crippen LogP contribution in [0.3, 0.4) is 0 Å². The number of anilines is 1. The molecule has 0 spiro atoms. The molecule has 5 nitrogen and oxygen atoms in total. The molecule has 94 valence electrons. The van der Waals surface area contributed by atoms with Crippen molar-refractivity contribution in [1.82, 2.24) is 0 Å². The third-order valence-electron chi connectivity index (χ3n) is 2.04. The number of hydrogen-bond acceptors (Lipinski definition) is 5. The normalized spacial score (nSPS) is 11.1. The molecular weight excluding hydrogens is 242 g/mol. The van der Waals surface area contributed by atoms with Crippen LogP contribution in [0.4, 0.5) is 5.69 Å². The van der Waals surface area contributed by atoms with E-state index in [9.17, 15) is 13.2 Å². The largest absolute Gasteiger partial charge is 0.462 e. The average molecular weight is 257 g/mol. The Balaban J connectivity index is 2.38. The van der Waals surface area contributed by atoms with Gasteiger partial charge in [0.1, 0.15) is 9.84 Å². The molecule has 0 fully saturated rings. The number of benzene rings is 1. The monoisotopic (exact) mass is 257 g/mol. The van der Waals surface area contributed by atoms with Crippen LogP contribution in [-0.4, -0.2) is 33.0 Å². The van der Waals surface area contributed by atoms with Crippen LogP contribution in [0.2, 0.25) is 0 Å². The van der Waals surface area contributed by atoms with Gasteiger partial charge in [-0.15, -0.1) is 0 Å². The maximum atomic E-state index is 11.5. The third-order valence-corrected chi connectivity index (χ3v) is 3.07. The molecule has 0 unspecified atom stereocenters. The number of carbonyl (C=O) groups excluding carboxylic acids is 1.